The van der Waals surface area contributed by atoms with E-state index >= 15 is 0 Å². The van der Waals surface area contributed by atoms with Crippen LogP contribution in [0.3, 0.4) is 0 Å². The number of likely N-dealkylation sites (N-methyl/N-ethyl adjacent to an activating group) is 1. The summed E-state index contributed by atoms with van der Waals surface area (Å²) in [5.41, 5.74) is 6.01. The molecular formula is C11H18N4O2. The van der Waals surface area contributed by atoms with Crippen LogP contribution in [0, 0.1) is 5.41 Å². The molecule has 1 heterocycles. The molecule has 0 saturated heterocycles. The first-order valence-corrected chi connectivity index (χ1v) is 5.23. The molecule has 1 aromatic rings. The summed E-state index contributed by atoms with van der Waals surface area (Å²) in [7, 11) is 3.35. The number of nitrogen functional groups attached to an aromatic ring is 1. The number of nitrogens with one attached hydrogen (secondary N) is 1. The summed E-state index contributed by atoms with van der Waals surface area (Å²) in [5, 5.41) is 16.9. The Bertz CT molecular complexity index is 383. The van der Waals surface area contributed by atoms with Crippen LogP contribution in [0.25, 0.3) is 0 Å². The van der Waals surface area contributed by atoms with Crippen molar-refractivity contribution in [2.24, 2.45) is 5.73 Å². The lowest BCUT2D eigenvalue weighted by molar-refractivity contribution is 0.0694. The zero-order valence-electron chi connectivity index (χ0n) is 10.1. The van der Waals surface area contributed by atoms with E-state index in [0.717, 1.165) is 0 Å². The zero-order valence-corrected chi connectivity index (χ0v) is 10.1. The number of hydrogen-bond donors (Lipinski definition) is 3. The molecular weight excluding hydrogens is 220 g/mol. The van der Waals surface area contributed by atoms with Crippen molar-refractivity contribution in [3.63, 3.8) is 0 Å². The Kier molecular flexibility index (Phi) is 4.86. The predicted octanol–water partition coefficient (Wildman–Crippen LogP) is -0.191. The van der Waals surface area contributed by atoms with Gasteiger partial charge in [-0.25, -0.2) is 4.98 Å². The summed E-state index contributed by atoms with van der Waals surface area (Å²) in [6, 6.07) is 3.38. The van der Waals surface area contributed by atoms with Gasteiger partial charge in [-0.05, 0) is 12.1 Å². The predicted molar refractivity (Wildman–Crippen MR) is 66.4 cm³/mol. The lowest BCUT2D eigenvalue weighted by Gasteiger charge is -2.21. The molecule has 94 valence electrons. The summed E-state index contributed by atoms with van der Waals surface area (Å²) in [6.07, 6.45) is 1.01. The number of aromatic nitrogens is 1. The highest BCUT2D eigenvalue weighted by atomic mass is 16.5. The van der Waals surface area contributed by atoms with E-state index in [1.54, 1.807) is 23.2 Å². The van der Waals surface area contributed by atoms with Crippen molar-refractivity contribution in [2.45, 2.75) is 6.10 Å². The Morgan fingerprint density at radius 2 is 2.41 bits per heavy atom. The minimum Gasteiger partial charge on any atom is -0.389 e. The molecule has 0 aromatic carbocycles. The molecule has 0 bridgehead atoms. The number of pyridine rings is 1. The van der Waals surface area contributed by atoms with Gasteiger partial charge in [-0.3, -0.25) is 5.41 Å². The zero-order chi connectivity index (χ0) is 12.8. The molecule has 0 aliphatic rings. The summed E-state index contributed by atoms with van der Waals surface area (Å²) >= 11 is 0. The van der Waals surface area contributed by atoms with Crippen LogP contribution in [-0.2, 0) is 4.74 Å². The average molecular weight is 238 g/mol. The van der Waals surface area contributed by atoms with Gasteiger partial charge in [-0.2, -0.15) is 0 Å². The quantitative estimate of drug-likeness (QED) is 0.471. The number of amidine groups is 1. The first kappa shape index (κ1) is 13.4. The molecule has 0 amide bonds. The third-order valence-corrected chi connectivity index (χ3v) is 2.29. The monoisotopic (exact) mass is 238 g/mol. The number of rotatable bonds is 6. The second-order valence-electron chi connectivity index (χ2n) is 3.81. The van der Waals surface area contributed by atoms with Crippen LogP contribution in [0.15, 0.2) is 18.3 Å². The fourth-order valence-electron chi connectivity index (χ4n) is 1.45. The van der Waals surface area contributed by atoms with Crippen molar-refractivity contribution < 1.29 is 9.84 Å². The van der Waals surface area contributed by atoms with Crippen LogP contribution in [0.4, 0.5) is 5.82 Å². The molecule has 0 radical (unpaired) electrons. The molecule has 1 atom stereocenters. The Hall–Kier alpha value is -1.66. The first-order valence-electron chi connectivity index (χ1n) is 5.23. The van der Waals surface area contributed by atoms with Crippen LogP contribution < -0.4 is 10.6 Å². The molecule has 0 saturated carbocycles. The van der Waals surface area contributed by atoms with Crippen LogP contribution in [-0.4, -0.2) is 49.3 Å². The normalized spacial score (nSPS) is 12.2. The van der Waals surface area contributed by atoms with Crippen molar-refractivity contribution in [3.8, 4) is 0 Å². The largest absolute Gasteiger partial charge is 0.389 e. The van der Waals surface area contributed by atoms with Crippen LogP contribution in [0.5, 0.6) is 0 Å². The molecule has 1 unspecified atom stereocenters. The highest BCUT2D eigenvalue weighted by molar-refractivity contribution is 5.95. The number of aliphatic hydroxyl groups is 1. The maximum atomic E-state index is 9.60. The molecule has 6 heteroatoms. The number of aliphatic hydroxyl groups excluding tert-OH is 1. The van der Waals surface area contributed by atoms with Crippen molar-refractivity contribution in [3.05, 3.63) is 23.9 Å². The van der Waals surface area contributed by atoms with Gasteiger partial charge in [0, 0.05) is 32.5 Å². The van der Waals surface area contributed by atoms with E-state index in [1.807, 2.05) is 7.05 Å². The van der Waals surface area contributed by atoms with Gasteiger partial charge >= 0.3 is 0 Å². The first-order chi connectivity index (χ1) is 8.04. The van der Waals surface area contributed by atoms with Crippen molar-refractivity contribution in [1.82, 2.24) is 4.98 Å². The Balaban J connectivity index is 2.71. The van der Waals surface area contributed by atoms with E-state index in [0.29, 0.717) is 17.9 Å². The minimum absolute atomic E-state index is 0.000472. The van der Waals surface area contributed by atoms with Crippen molar-refractivity contribution in [1.29, 1.82) is 5.41 Å². The van der Waals surface area contributed by atoms with Gasteiger partial charge in [-0.1, -0.05) is 0 Å². The molecule has 0 fully saturated rings. The van der Waals surface area contributed by atoms with Gasteiger partial charge in [0.15, 0.2) is 0 Å². The van der Waals surface area contributed by atoms with E-state index in [4.69, 9.17) is 15.9 Å². The lowest BCUT2D eigenvalue weighted by Crippen LogP contribution is -2.32. The third kappa shape index (κ3) is 4.01. The van der Waals surface area contributed by atoms with E-state index in [2.05, 4.69) is 4.98 Å². The third-order valence-electron chi connectivity index (χ3n) is 2.29. The van der Waals surface area contributed by atoms with Crippen molar-refractivity contribution >= 4 is 11.7 Å². The van der Waals surface area contributed by atoms with E-state index in [-0.39, 0.29) is 12.4 Å². The second-order valence-corrected chi connectivity index (χ2v) is 3.81. The fraction of sp³-hybridized carbons (Fsp3) is 0.455. The lowest BCUT2D eigenvalue weighted by atomic mass is 10.2. The molecule has 6 nitrogen and oxygen atoms in total. The Morgan fingerprint density at radius 1 is 1.71 bits per heavy atom. The highest BCUT2D eigenvalue weighted by Gasteiger charge is 2.10. The fourth-order valence-corrected chi connectivity index (χ4v) is 1.45. The highest BCUT2D eigenvalue weighted by Crippen LogP contribution is 2.11. The molecule has 1 aromatic heterocycles. The van der Waals surface area contributed by atoms with Gasteiger partial charge in [0.05, 0.1) is 12.7 Å². The van der Waals surface area contributed by atoms with Crippen LogP contribution >= 0.6 is 0 Å². The molecule has 4 N–H and O–H groups in total. The van der Waals surface area contributed by atoms with Crippen LogP contribution in [0.1, 0.15) is 5.56 Å². The number of methoxy groups -OCH3 is 1. The standard InChI is InChI=1S/C11H18N4O2/c1-15(6-9(16)7-17-2)10-5-8(11(12)13)3-4-14-10/h3-5,9,16H,6-7H2,1-2H3,(H3,12,13). The Labute approximate surface area is 101 Å². The van der Waals surface area contributed by atoms with Gasteiger partial charge in [0.1, 0.15) is 11.7 Å². The average Bonchev–Trinajstić information content (AvgIpc) is 2.29. The second kappa shape index (κ2) is 6.17. The molecule has 0 aliphatic heterocycles. The SMILES string of the molecule is COCC(O)CN(C)c1cc(C(=N)N)ccn1. The summed E-state index contributed by atoms with van der Waals surface area (Å²) in [5.74, 6) is 0.660. The number of hydrogen-bond acceptors (Lipinski definition) is 5. The summed E-state index contributed by atoms with van der Waals surface area (Å²) in [4.78, 5) is 5.94. The number of anilines is 1. The number of nitrogens with zero attached hydrogens (tertiary/aromatic N) is 2. The number of nitrogens with two attached hydrogens (primary N) is 1. The van der Waals surface area contributed by atoms with E-state index < -0.39 is 6.10 Å². The van der Waals surface area contributed by atoms with E-state index in [9.17, 15) is 5.11 Å². The van der Waals surface area contributed by atoms with Gasteiger partial charge in [-0.15, -0.1) is 0 Å². The summed E-state index contributed by atoms with van der Waals surface area (Å²) < 4.78 is 4.85. The van der Waals surface area contributed by atoms with Gasteiger partial charge < -0.3 is 20.5 Å². The number of ether oxygens (including phenoxy) is 1. The maximum absolute atomic E-state index is 9.60. The van der Waals surface area contributed by atoms with E-state index in [1.165, 1.54) is 7.11 Å². The summed E-state index contributed by atoms with van der Waals surface area (Å²) in [6.45, 7) is 0.680. The maximum Gasteiger partial charge on any atom is 0.129 e. The van der Waals surface area contributed by atoms with Gasteiger partial charge in [0.25, 0.3) is 0 Å². The van der Waals surface area contributed by atoms with Gasteiger partial charge in [0.2, 0.25) is 0 Å². The molecule has 17 heavy (non-hydrogen) atoms. The Morgan fingerprint density at radius 3 is 3.00 bits per heavy atom. The minimum atomic E-state index is -0.576. The van der Waals surface area contributed by atoms with Crippen LogP contribution in [0.2, 0.25) is 0 Å². The molecule has 1 rings (SSSR count). The molecule has 0 spiro atoms. The smallest absolute Gasteiger partial charge is 0.129 e. The molecule has 0 aliphatic carbocycles. The van der Waals surface area contributed by atoms with Crippen molar-refractivity contribution in [2.75, 3.05) is 32.2 Å². The topological polar surface area (TPSA) is 95.5 Å².